The number of benzene rings is 1. The number of hydrogen-bond donors (Lipinski definition) is 0. The molecule has 0 bridgehead atoms. The van der Waals surface area contributed by atoms with Gasteiger partial charge in [-0.15, -0.1) is 5.10 Å². The first kappa shape index (κ1) is 13.7. The molecule has 0 spiro atoms. The molecule has 0 N–H and O–H groups in total. The van der Waals surface area contributed by atoms with Crippen LogP contribution in [0.1, 0.15) is 0 Å². The van der Waals surface area contributed by atoms with Gasteiger partial charge in [0.2, 0.25) is 0 Å². The smallest absolute Gasteiger partial charge is 0.150 e. The maximum absolute atomic E-state index is 4.66. The van der Waals surface area contributed by atoms with Crippen LogP contribution < -0.4 is 4.90 Å². The number of hydrogen-bond acceptors (Lipinski definition) is 6. The van der Waals surface area contributed by atoms with Crippen molar-refractivity contribution in [2.75, 3.05) is 37.6 Å². The van der Waals surface area contributed by atoms with Gasteiger partial charge in [-0.1, -0.05) is 17.3 Å². The lowest BCUT2D eigenvalue weighted by Gasteiger charge is -2.35. The molecule has 3 aromatic rings. The Kier molecular flexibility index (Phi) is 3.74. The molecule has 4 rings (SSSR count). The third-order valence-corrected chi connectivity index (χ3v) is 4.96. The highest BCUT2D eigenvalue weighted by Crippen LogP contribution is 2.29. The number of piperazine rings is 1. The maximum atomic E-state index is 4.66. The van der Waals surface area contributed by atoms with E-state index in [4.69, 9.17) is 0 Å². The normalized spacial score (nSPS) is 16.5. The van der Waals surface area contributed by atoms with Crippen molar-refractivity contribution in [1.29, 1.82) is 0 Å². The van der Waals surface area contributed by atoms with Crippen molar-refractivity contribution in [1.82, 2.24) is 24.3 Å². The summed E-state index contributed by atoms with van der Waals surface area (Å²) in [5.74, 6) is 1.15. The van der Waals surface area contributed by atoms with Gasteiger partial charge < -0.3 is 4.90 Å². The van der Waals surface area contributed by atoms with Crippen LogP contribution in [0.15, 0.2) is 36.7 Å². The largest absolute Gasteiger partial charge is 0.353 e. The minimum absolute atomic E-state index is 0.902. The van der Waals surface area contributed by atoms with Crippen LogP contribution in [0.4, 0.5) is 5.82 Å². The van der Waals surface area contributed by atoms with Crippen molar-refractivity contribution >= 4 is 27.4 Å². The van der Waals surface area contributed by atoms with Crippen LogP contribution in [-0.2, 0) is 6.54 Å². The Morgan fingerprint density at radius 3 is 2.73 bits per heavy atom. The van der Waals surface area contributed by atoms with Crippen molar-refractivity contribution in [2.45, 2.75) is 6.54 Å². The summed E-state index contributed by atoms with van der Waals surface area (Å²) in [7, 11) is 0. The zero-order chi connectivity index (χ0) is 14.8. The highest BCUT2D eigenvalue weighted by molar-refractivity contribution is 7.13. The summed E-state index contributed by atoms with van der Waals surface area (Å²) in [5, 5.41) is 9.13. The Morgan fingerprint density at radius 2 is 1.91 bits per heavy atom. The number of rotatable bonds is 4. The Labute approximate surface area is 133 Å². The average molecular weight is 314 g/mol. The van der Waals surface area contributed by atoms with Crippen LogP contribution in [0.25, 0.3) is 10.1 Å². The number of nitrogens with zero attached hydrogens (tertiary/aromatic N) is 6. The van der Waals surface area contributed by atoms with E-state index in [9.17, 15) is 0 Å². The lowest BCUT2D eigenvalue weighted by atomic mass is 10.2. The monoisotopic (exact) mass is 314 g/mol. The molecule has 22 heavy (non-hydrogen) atoms. The molecule has 0 aliphatic carbocycles. The molecule has 1 fully saturated rings. The van der Waals surface area contributed by atoms with Crippen LogP contribution in [0.5, 0.6) is 0 Å². The molecule has 0 unspecified atom stereocenters. The average Bonchev–Trinajstić information content (AvgIpc) is 3.23. The van der Waals surface area contributed by atoms with Crippen LogP contribution in [-0.4, -0.2) is 57.0 Å². The fraction of sp³-hybridized carbons (Fsp3) is 0.400. The molecule has 7 heteroatoms. The highest BCUT2D eigenvalue weighted by Gasteiger charge is 2.20. The minimum atomic E-state index is 0.902. The van der Waals surface area contributed by atoms with Gasteiger partial charge in [0.05, 0.1) is 17.4 Å². The molecule has 1 aliphatic rings. The van der Waals surface area contributed by atoms with E-state index in [2.05, 4.69) is 48.8 Å². The van der Waals surface area contributed by atoms with Crippen LogP contribution >= 0.6 is 11.5 Å². The zero-order valence-corrected chi connectivity index (χ0v) is 13.1. The highest BCUT2D eigenvalue weighted by atomic mass is 32.1. The number of fused-ring (bicyclic) bond motifs is 1. The van der Waals surface area contributed by atoms with E-state index in [0.717, 1.165) is 45.1 Å². The van der Waals surface area contributed by atoms with E-state index in [-0.39, 0.29) is 0 Å². The molecular weight excluding hydrogens is 296 g/mol. The van der Waals surface area contributed by atoms with Gasteiger partial charge in [-0.05, 0) is 23.7 Å². The van der Waals surface area contributed by atoms with Crippen LogP contribution in [0.2, 0.25) is 0 Å². The first-order valence-electron chi connectivity index (χ1n) is 7.56. The molecule has 0 radical (unpaired) electrons. The number of anilines is 1. The van der Waals surface area contributed by atoms with Crippen molar-refractivity contribution < 1.29 is 0 Å². The van der Waals surface area contributed by atoms with Gasteiger partial charge in [-0.2, -0.15) is 4.37 Å². The summed E-state index contributed by atoms with van der Waals surface area (Å²) >= 11 is 1.59. The fourth-order valence-corrected chi connectivity index (χ4v) is 3.68. The van der Waals surface area contributed by atoms with Gasteiger partial charge in [-0.25, -0.2) is 0 Å². The van der Waals surface area contributed by atoms with E-state index in [1.807, 2.05) is 10.9 Å². The van der Waals surface area contributed by atoms with Crippen molar-refractivity contribution in [2.24, 2.45) is 0 Å². The summed E-state index contributed by atoms with van der Waals surface area (Å²) in [6.07, 6.45) is 3.64. The van der Waals surface area contributed by atoms with Gasteiger partial charge in [0.15, 0.2) is 0 Å². The number of aromatic nitrogens is 4. The summed E-state index contributed by atoms with van der Waals surface area (Å²) in [4.78, 5) is 4.89. The molecule has 0 amide bonds. The Hall–Kier alpha value is -1.99. The summed E-state index contributed by atoms with van der Waals surface area (Å²) in [5.41, 5.74) is 0. The zero-order valence-electron chi connectivity index (χ0n) is 12.3. The molecular formula is C15H18N6S. The summed E-state index contributed by atoms with van der Waals surface area (Å²) in [6, 6.07) is 8.48. The Bertz CT molecular complexity index is 729. The minimum Gasteiger partial charge on any atom is -0.353 e. The van der Waals surface area contributed by atoms with Crippen molar-refractivity contribution in [3.63, 3.8) is 0 Å². The molecule has 6 nitrogen and oxygen atoms in total. The second-order valence-corrected chi connectivity index (χ2v) is 6.30. The van der Waals surface area contributed by atoms with Crippen LogP contribution in [0, 0.1) is 0 Å². The predicted octanol–water partition coefficient (Wildman–Crippen LogP) is 1.71. The molecule has 1 aliphatic heterocycles. The second kappa shape index (κ2) is 6.02. The van der Waals surface area contributed by atoms with Gasteiger partial charge in [0.25, 0.3) is 0 Å². The SMILES string of the molecule is c1ccc2c(N3CCN(CCn4ccnn4)CC3)nsc2c1. The first-order valence-corrected chi connectivity index (χ1v) is 8.33. The quantitative estimate of drug-likeness (QED) is 0.734. The van der Waals surface area contributed by atoms with Crippen molar-refractivity contribution in [3.8, 4) is 0 Å². The molecule has 0 atom stereocenters. The van der Waals surface area contributed by atoms with Gasteiger partial charge in [0.1, 0.15) is 5.82 Å². The molecule has 114 valence electrons. The Morgan fingerprint density at radius 1 is 1.05 bits per heavy atom. The Balaban J connectivity index is 1.37. The van der Waals surface area contributed by atoms with E-state index < -0.39 is 0 Å². The second-order valence-electron chi connectivity index (χ2n) is 5.50. The standard InChI is InChI=1S/C15H18N6S/c1-2-4-14-13(3-1)15(17-22-14)20-10-7-19(8-11-20)9-12-21-6-5-16-18-21/h1-6H,7-12H2. The molecule has 0 saturated carbocycles. The maximum Gasteiger partial charge on any atom is 0.150 e. The molecule has 1 saturated heterocycles. The van der Waals surface area contributed by atoms with Gasteiger partial charge in [0, 0.05) is 44.3 Å². The fourth-order valence-electron chi connectivity index (χ4n) is 2.88. The third-order valence-electron chi connectivity index (χ3n) is 4.15. The summed E-state index contributed by atoms with van der Waals surface area (Å²) < 4.78 is 7.82. The summed E-state index contributed by atoms with van der Waals surface area (Å²) in [6.45, 7) is 6.13. The van der Waals surface area contributed by atoms with Crippen molar-refractivity contribution in [3.05, 3.63) is 36.7 Å². The first-order chi connectivity index (χ1) is 10.9. The van der Waals surface area contributed by atoms with E-state index in [1.54, 1.807) is 17.7 Å². The van der Waals surface area contributed by atoms with E-state index in [0.29, 0.717) is 0 Å². The topological polar surface area (TPSA) is 50.1 Å². The predicted molar refractivity (Wildman–Crippen MR) is 88.3 cm³/mol. The lowest BCUT2D eigenvalue weighted by Crippen LogP contribution is -2.47. The molecule has 1 aromatic carbocycles. The molecule has 2 aromatic heterocycles. The third kappa shape index (κ3) is 2.69. The van der Waals surface area contributed by atoms with E-state index >= 15 is 0 Å². The van der Waals surface area contributed by atoms with Gasteiger partial charge >= 0.3 is 0 Å². The van der Waals surface area contributed by atoms with Gasteiger partial charge in [-0.3, -0.25) is 9.58 Å². The lowest BCUT2D eigenvalue weighted by molar-refractivity contribution is 0.243. The van der Waals surface area contributed by atoms with Crippen LogP contribution in [0.3, 0.4) is 0 Å². The molecule has 3 heterocycles. The van der Waals surface area contributed by atoms with E-state index in [1.165, 1.54) is 10.1 Å².